The van der Waals surface area contributed by atoms with Crippen LogP contribution in [0.15, 0.2) is 47.1 Å². The lowest BCUT2D eigenvalue weighted by atomic mass is 10.0. The van der Waals surface area contributed by atoms with Gasteiger partial charge in [-0.2, -0.15) is 18.4 Å². The molecule has 40 heavy (non-hydrogen) atoms. The van der Waals surface area contributed by atoms with E-state index in [0.29, 0.717) is 36.2 Å². The van der Waals surface area contributed by atoms with Crippen LogP contribution >= 0.6 is 0 Å². The molecule has 3 heterocycles. The van der Waals surface area contributed by atoms with E-state index in [9.17, 15) is 23.2 Å². The van der Waals surface area contributed by atoms with Crippen LogP contribution in [0.2, 0.25) is 0 Å². The van der Waals surface area contributed by atoms with E-state index in [1.807, 2.05) is 11.0 Å². The first-order valence-corrected chi connectivity index (χ1v) is 12.8. The average molecular weight is 551 g/mol. The molecule has 0 aliphatic carbocycles. The number of anilines is 2. The second kappa shape index (κ2) is 12.6. The van der Waals surface area contributed by atoms with Crippen LogP contribution in [0, 0.1) is 23.2 Å². The van der Waals surface area contributed by atoms with Crippen LogP contribution in [0.25, 0.3) is 0 Å². The number of alkyl halides is 3. The van der Waals surface area contributed by atoms with Gasteiger partial charge in [-0.15, -0.1) is 0 Å². The predicted molar refractivity (Wildman–Crippen MR) is 146 cm³/mol. The molecular formula is C28H29F3N8O. The highest BCUT2D eigenvalue weighted by Crippen LogP contribution is 2.34. The molecule has 1 saturated heterocycles. The molecule has 12 heteroatoms. The number of carbonyl (C=O) groups excluding carboxylic acids is 1. The van der Waals surface area contributed by atoms with Crippen molar-refractivity contribution in [1.82, 2.24) is 20.1 Å². The highest BCUT2D eigenvalue weighted by atomic mass is 19.4. The number of aromatic nitrogens is 1. The molecule has 9 nitrogen and oxygen atoms in total. The Morgan fingerprint density at radius 1 is 1.15 bits per heavy atom. The summed E-state index contributed by atoms with van der Waals surface area (Å²) in [5.74, 6) is 6.02. The SMILES string of the molecule is CCN1CCN(Cc2ccc(NC(=O)NC3C=C(C#Cc4cnc(N)cc4C#N)CC=N3)cc2C(F)(F)F)CC1. The van der Waals surface area contributed by atoms with Gasteiger partial charge in [-0.25, -0.2) is 9.78 Å². The van der Waals surface area contributed by atoms with Crippen LogP contribution in [0.5, 0.6) is 0 Å². The Morgan fingerprint density at radius 2 is 1.90 bits per heavy atom. The number of pyridine rings is 1. The number of nitrogens with zero attached hydrogens (tertiary/aromatic N) is 5. The number of rotatable bonds is 5. The number of likely N-dealkylation sites (N-methyl/N-ethyl adjacent to an activating group) is 1. The van der Waals surface area contributed by atoms with Crippen LogP contribution in [-0.2, 0) is 12.7 Å². The predicted octanol–water partition coefficient (Wildman–Crippen LogP) is 3.59. The zero-order valence-corrected chi connectivity index (χ0v) is 21.9. The zero-order chi connectivity index (χ0) is 28.7. The van der Waals surface area contributed by atoms with E-state index in [1.165, 1.54) is 24.4 Å². The van der Waals surface area contributed by atoms with Crippen LogP contribution in [-0.4, -0.2) is 65.9 Å². The molecule has 2 amide bonds. The van der Waals surface area contributed by atoms with Gasteiger partial charge in [0.05, 0.1) is 16.7 Å². The summed E-state index contributed by atoms with van der Waals surface area (Å²) in [5.41, 5.74) is 6.37. The number of hydrogen-bond acceptors (Lipinski definition) is 7. The maximum absolute atomic E-state index is 13.9. The number of piperazine rings is 1. The van der Waals surface area contributed by atoms with E-state index < -0.39 is 23.9 Å². The van der Waals surface area contributed by atoms with Crippen LogP contribution in [0.1, 0.15) is 35.6 Å². The maximum Gasteiger partial charge on any atom is 0.416 e. The van der Waals surface area contributed by atoms with Crippen molar-refractivity contribution in [3.63, 3.8) is 0 Å². The van der Waals surface area contributed by atoms with Crippen molar-refractivity contribution in [2.45, 2.75) is 32.2 Å². The number of nitrogens with two attached hydrogens (primary N) is 1. The number of benzene rings is 1. The number of nitriles is 1. The number of urea groups is 1. The Hall–Kier alpha value is -4.39. The zero-order valence-electron chi connectivity index (χ0n) is 21.9. The molecule has 1 aromatic heterocycles. The first-order chi connectivity index (χ1) is 19.1. The molecule has 4 rings (SSSR count). The molecule has 4 N–H and O–H groups in total. The van der Waals surface area contributed by atoms with Gasteiger partial charge >= 0.3 is 12.2 Å². The fraction of sp³-hybridized carbons (Fsp3) is 0.357. The van der Waals surface area contributed by atoms with Crippen LogP contribution in [0.4, 0.5) is 29.5 Å². The summed E-state index contributed by atoms with van der Waals surface area (Å²) < 4.78 is 41.7. The minimum atomic E-state index is -4.57. The van der Waals surface area contributed by atoms with Crippen molar-refractivity contribution in [1.29, 1.82) is 5.26 Å². The van der Waals surface area contributed by atoms with Gasteiger partial charge in [0, 0.05) is 62.8 Å². The summed E-state index contributed by atoms with van der Waals surface area (Å²) in [6, 6.07) is 6.58. The number of amides is 2. The van der Waals surface area contributed by atoms with Crippen LogP contribution < -0.4 is 16.4 Å². The Bertz CT molecular complexity index is 1410. The fourth-order valence-corrected chi connectivity index (χ4v) is 4.41. The second-order valence-electron chi connectivity index (χ2n) is 9.37. The van der Waals surface area contributed by atoms with Crippen molar-refractivity contribution < 1.29 is 18.0 Å². The molecule has 0 saturated carbocycles. The minimum absolute atomic E-state index is 0.0213. The highest BCUT2D eigenvalue weighted by molar-refractivity contribution is 5.90. The lowest BCUT2D eigenvalue weighted by molar-refractivity contribution is -0.138. The van der Waals surface area contributed by atoms with Gasteiger partial charge in [0.1, 0.15) is 18.1 Å². The smallest absolute Gasteiger partial charge is 0.384 e. The number of hydrogen-bond donors (Lipinski definition) is 3. The van der Waals surface area contributed by atoms with Crippen molar-refractivity contribution >= 4 is 23.8 Å². The molecule has 1 atom stereocenters. The van der Waals surface area contributed by atoms with E-state index >= 15 is 0 Å². The van der Waals surface area contributed by atoms with Gasteiger partial charge in [-0.3, -0.25) is 9.89 Å². The first kappa shape index (κ1) is 28.6. The average Bonchev–Trinajstić information content (AvgIpc) is 2.93. The Morgan fingerprint density at radius 3 is 2.60 bits per heavy atom. The molecule has 1 fully saturated rings. The number of dihydropyridines is 1. The quantitative estimate of drug-likeness (QED) is 0.489. The first-order valence-electron chi connectivity index (χ1n) is 12.8. The number of halogens is 3. The van der Waals surface area contributed by atoms with E-state index in [1.54, 1.807) is 12.3 Å². The maximum atomic E-state index is 13.9. The van der Waals surface area contributed by atoms with Gasteiger partial charge in [0.2, 0.25) is 0 Å². The third kappa shape index (κ3) is 7.59. The van der Waals surface area contributed by atoms with Crippen molar-refractivity contribution in [3.05, 3.63) is 64.4 Å². The third-order valence-corrected chi connectivity index (χ3v) is 6.60. The molecule has 2 aliphatic rings. The molecule has 208 valence electrons. The molecule has 1 aromatic carbocycles. The standard InChI is InChI=1S/C28H29F3N8O/c1-2-38-9-11-39(12-10-38)18-21-5-6-23(15-24(21)28(29,30)31)36-27(40)37-26-13-19(7-8-34-26)3-4-20-17-35-25(33)14-22(20)16-32/h5-6,8,13-15,17,26H,2,7,9-12,18H2,1H3,(H2,33,35)(H2,36,37,40). The minimum Gasteiger partial charge on any atom is -0.384 e. The summed E-state index contributed by atoms with van der Waals surface area (Å²) in [7, 11) is 0. The number of carbonyl (C=O) groups is 1. The van der Waals surface area contributed by atoms with Gasteiger partial charge < -0.3 is 21.3 Å². The number of nitrogen functional groups attached to an aromatic ring is 1. The summed E-state index contributed by atoms with van der Waals surface area (Å²) in [4.78, 5) is 25.0. The molecule has 0 bridgehead atoms. The van der Waals surface area contributed by atoms with Crippen molar-refractivity contribution in [2.75, 3.05) is 43.8 Å². The lowest BCUT2D eigenvalue weighted by Gasteiger charge is -2.34. The van der Waals surface area contributed by atoms with Crippen LogP contribution in [0.3, 0.4) is 0 Å². The molecule has 1 unspecified atom stereocenters. The Labute approximate surface area is 230 Å². The monoisotopic (exact) mass is 550 g/mol. The molecule has 2 aliphatic heterocycles. The third-order valence-electron chi connectivity index (χ3n) is 6.60. The molecular weight excluding hydrogens is 521 g/mol. The summed E-state index contributed by atoms with van der Waals surface area (Å²) in [6.45, 7) is 6.22. The largest absolute Gasteiger partial charge is 0.416 e. The Kier molecular flexibility index (Phi) is 9.04. The van der Waals surface area contributed by atoms with E-state index in [-0.39, 0.29) is 23.6 Å². The van der Waals surface area contributed by atoms with Gasteiger partial charge in [0.25, 0.3) is 0 Å². The van der Waals surface area contributed by atoms with E-state index in [0.717, 1.165) is 25.7 Å². The number of allylic oxidation sites excluding steroid dienone is 1. The normalized spacial score (nSPS) is 17.8. The molecule has 0 radical (unpaired) electrons. The van der Waals surface area contributed by atoms with Gasteiger partial charge in [-0.1, -0.05) is 24.8 Å². The topological polar surface area (TPSA) is 123 Å². The Balaban J connectivity index is 1.41. The highest BCUT2D eigenvalue weighted by Gasteiger charge is 2.34. The molecule has 0 spiro atoms. The van der Waals surface area contributed by atoms with Gasteiger partial charge in [0.15, 0.2) is 0 Å². The summed E-state index contributed by atoms with van der Waals surface area (Å²) in [6.07, 6.45) is -0.287. The number of aliphatic imine (C=N–C) groups is 1. The fourth-order valence-electron chi connectivity index (χ4n) is 4.41. The van der Waals surface area contributed by atoms with Crippen molar-refractivity contribution in [2.24, 2.45) is 4.99 Å². The van der Waals surface area contributed by atoms with Crippen molar-refractivity contribution in [3.8, 4) is 17.9 Å². The molecule has 2 aromatic rings. The van der Waals surface area contributed by atoms with E-state index in [2.05, 4.69) is 44.3 Å². The summed E-state index contributed by atoms with van der Waals surface area (Å²) >= 11 is 0. The van der Waals surface area contributed by atoms with E-state index in [4.69, 9.17) is 5.73 Å². The number of nitrogens with one attached hydrogen (secondary N) is 2. The lowest BCUT2D eigenvalue weighted by Crippen LogP contribution is -2.45. The van der Waals surface area contributed by atoms with Gasteiger partial charge in [-0.05, 0) is 36.4 Å². The summed E-state index contributed by atoms with van der Waals surface area (Å²) in [5, 5.41) is 14.3. The second-order valence-corrected chi connectivity index (χ2v) is 9.37.